The molecule has 1 aromatic rings. The Morgan fingerprint density at radius 2 is 2.29 bits per heavy atom. The maximum Gasteiger partial charge on any atom is 0.191 e. The van der Waals surface area contributed by atoms with Crippen molar-refractivity contribution in [1.82, 2.24) is 20.8 Å². The van der Waals surface area contributed by atoms with Crippen LogP contribution in [0.5, 0.6) is 0 Å². The number of aromatic nitrogens is 2. The lowest BCUT2D eigenvalue weighted by atomic mass is 10.1. The minimum Gasteiger partial charge on any atom is -0.383 e. The number of aliphatic imine (C=N–C) groups is 1. The van der Waals surface area contributed by atoms with E-state index in [0.717, 1.165) is 37.6 Å². The van der Waals surface area contributed by atoms with Gasteiger partial charge in [-0.05, 0) is 39.2 Å². The van der Waals surface area contributed by atoms with Crippen molar-refractivity contribution in [2.45, 2.75) is 39.7 Å². The van der Waals surface area contributed by atoms with Gasteiger partial charge in [-0.3, -0.25) is 10.1 Å². The molecule has 0 bridgehead atoms. The number of guanidine groups is 1. The van der Waals surface area contributed by atoms with Gasteiger partial charge in [-0.25, -0.2) is 0 Å². The molecule has 0 aliphatic heterocycles. The van der Waals surface area contributed by atoms with Crippen LogP contribution in [-0.4, -0.2) is 49.0 Å². The smallest absolute Gasteiger partial charge is 0.191 e. The fraction of sp³-hybridized carbons (Fsp3) is 0.714. The molecule has 0 spiro atoms. The second-order valence-electron chi connectivity index (χ2n) is 4.89. The van der Waals surface area contributed by atoms with Crippen molar-refractivity contribution in [3.8, 4) is 0 Å². The second kappa shape index (κ2) is 11.8. The number of aryl methyl sites for hydroxylation is 2. The molecule has 21 heavy (non-hydrogen) atoms. The highest BCUT2D eigenvalue weighted by atomic mass is 127. The van der Waals surface area contributed by atoms with Crippen LogP contribution in [0.3, 0.4) is 0 Å². The van der Waals surface area contributed by atoms with E-state index in [2.05, 4.69) is 39.7 Å². The Kier molecular flexibility index (Phi) is 11.3. The van der Waals surface area contributed by atoms with E-state index in [1.165, 1.54) is 5.56 Å². The molecule has 0 saturated carbocycles. The van der Waals surface area contributed by atoms with Gasteiger partial charge in [0.25, 0.3) is 0 Å². The first-order valence-electron chi connectivity index (χ1n) is 7.20. The van der Waals surface area contributed by atoms with Crippen LogP contribution in [0.1, 0.15) is 31.5 Å². The Morgan fingerprint density at radius 3 is 2.86 bits per heavy atom. The number of methoxy groups -OCH3 is 1. The molecule has 122 valence electrons. The van der Waals surface area contributed by atoms with Crippen molar-refractivity contribution in [2.24, 2.45) is 4.99 Å². The number of nitrogens with one attached hydrogen (secondary N) is 3. The average molecular weight is 409 g/mol. The van der Waals surface area contributed by atoms with Gasteiger partial charge in [0.1, 0.15) is 0 Å². The number of ether oxygens (including phenoxy) is 1. The zero-order valence-corrected chi connectivity index (χ0v) is 15.7. The summed E-state index contributed by atoms with van der Waals surface area (Å²) in [6.45, 7) is 8.49. The first kappa shape index (κ1) is 20.2. The summed E-state index contributed by atoms with van der Waals surface area (Å²) < 4.78 is 5.11. The molecular formula is C14H28IN5O. The quantitative estimate of drug-likeness (QED) is 0.265. The van der Waals surface area contributed by atoms with Gasteiger partial charge < -0.3 is 15.4 Å². The number of hydrogen-bond donors (Lipinski definition) is 3. The third kappa shape index (κ3) is 8.25. The number of hydrogen-bond acceptors (Lipinski definition) is 3. The Labute approximate surface area is 144 Å². The topological polar surface area (TPSA) is 74.3 Å². The van der Waals surface area contributed by atoms with Crippen molar-refractivity contribution >= 4 is 29.9 Å². The molecule has 0 saturated heterocycles. The molecule has 6 nitrogen and oxygen atoms in total. The number of aromatic amines is 1. The van der Waals surface area contributed by atoms with E-state index >= 15 is 0 Å². The Bertz CT molecular complexity index is 408. The zero-order chi connectivity index (χ0) is 14.8. The van der Waals surface area contributed by atoms with E-state index in [0.29, 0.717) is 6.61 Å². The van der Waals surface area contributed by atoms with Gasteiger partial charge in [-0.15, -0.1) is 24.0 Å². The first-order valence-corrected chi connectivity index (χ1v) is 7.20. The summed E-state index contributed by atoms with van der Waals surface area (Å²) >= 11 is 0. The van der Waals surface area contributed by atoms with Crippen molar-refractivity contribution < 1.29 is 4.74 Å². The molecule has 0 aromatic carbocycles. The van der Waals surface area contributed by atoms with Crippen LogP contribution >= 0.6 is 24.0 Å². The fourth-order valence-corrected chi connectivity index (χ4v) is 1.93. The Morgan fingerprint density at radius 1 is 1.52 bits per heavy atom. The van der Waals surface area contributed by atoms with Crippen molar-refractivity contribution in [3.05, 3.63) is 17.5 Å². The number of H-pyrrole nitrogens is 1. The first-order chi connectivity index (χ1) is 9.67. The van der Waals surface area contributed by atoms with Gasteiger partial charge in [0, 0.05) is 31.9 Å². The molecule has 0 fully saturated rings. The van der Waals surface area contributed by atoms with E-state index in [1.54, 1.807) is 7.11 Å². The Hall–Kier alpha value is -0.830. The molecule has 1 heterocycles. The van der Waals surface area contributed by atoms with Crippen molar-refractivity contribution in [2.75, 3.05) is 26.8 Å². The summed E-state index contributed by atoms with van der Waals surface area (Å²) in [5, 5.41) is 13.5. The van der Waals surface area contributed by atoms with Crippen molar-refractivity contribution in [3.63, 3.8) is 0 Å². The lowest BCUT2D eigenvalue weighted by Gasteiger charge is -2.16. The second-order valence-corrected chi connectivity index (χ2v) is 4.89. The third-order valence-electron chi connectivity index (χ3n) is 2.95. The molecule has 1 aromatic heterocycles. The van der Waals surface area contributed by atoms with Gasteiger partial charge >= 0.3 is 0 Å². The molecule has 1 atom stereocenters. The van der Waals surface area contributed by atoms with Gasteiger partial charge in [-0.2, -0.15) is 5.10 Å². The van der Waals surface area contributed by atoms with Gasteiger partial charge in [-0.1, -0.05) is 0 Å². The predicted octanol–water partition coefficient (Wildman–Crippen LogP) is 1.86. The van der Waals surface area contributed by atoms with Crippen LogP contribution in [0.2, 0.25) is 0 Å². The number of halogens is 1. The highest BCUT2D eigenvalue weighted by Crippen LogP contribution is 2.05. The maximum atomic E-state index is 5.11. The highest BCUT2D eigenvalue weighted by Gasteiger charge is 2.04. The lowest BCUT2D eigenvalue weighted by Crippen LogP contribution is -2.44. The minimum absolute atomic E-state index is 0. The van der Waals surface area contributed by atoms with Crippen LogP contribution in [0.15, 0.2) is 11.2 Å². The molecule has 3 N–H and O–H groups in total. The van der Waals surface area contributed by atoms with Crippen LogP contribution < -0.4 is 10.6 Å². The number of rotatable bonds is 8. The molecule has 0 radical (unpaired) electrons. The molecule has 0 amide bonds. The van der Waals surface area contributed by atoms with E-state index in [1.807, 2.05) is 13.1 Å². The number of nitrogens with zero attached hydrogens (tertiary/aromatic N) is 2. The molecular weight excluding hydrogens is 381 g/mol. The van der Waals surface area contributed by atoms with E-state index in [4.69, 9.17) is 4.74 Å². The Balaban J connectivity index is 0.00000400. The monoisotopic (exact) mass is 409 g/mol. The van der Waals surface area contributed by atoms with E-state index in [-0.39, 0.29) is 30.0 Å². The van der Waals surface area contributed by atoms with Crippen LogP contribution in [0.4, 0.5) is 0 Å². The van der Waals surface area contributed by atoms with E-state index < -0.39 is 0 Å². The molecule has 7 heteroatoms. The summed E-state index contributed by atoms with van der Waals surface area (Å²) in [7, 11) is 1.70. The van der Waals surface area contributed by atoms with Gasteiger partial charge in [0.15, 0.2) is 5.96 Å². The fourth-order valence-electron chi connectivity index (χ4n) is 1.93. The van der Waals surface area contributed by atoms with E-state index in [9.17, 15) is 0 Å². The average Bonchev–Trinajstić information content (AvgIpc) is 2.80. The largest absolute Gasteiger partial charge is 0.383 e. The summed E-state index contributed by atoms with van der Waals surface area (Å²) in [4.78, 5) is 4.57. The summed E-state index contributed by atoms with van der Waals surface area (Å²) in [6.07, 6.45) is 3.90. The highest BCUT2D eigenvalue weighted by molar-refractivity contribution is 14.0. The van der Waals surface area contributed by atoms with Crippen LogP contribution in [0.25, 0.3) is 0 Å². The third-order valence-corrected chi connectivity index (χ3v) is 2.95. The van der Waals surface area contributed by atoms with Gasteiger partial charge in [0.2, 0.25) is 0 Å². The standard InChI is InChI=1S/C14H27N5O.HI/c1-5-15-14(18-11(2)10-20-4)16-8-6-7-13-9-17-19-12(13)3;/h9,11H,5-8,10H2,1-4H3,(H,17,19)(H2,15,16,18);1H. The van der Waals surface area contributed by atoms with Crippen LogP contribution in [-0.2, 0) is 11.2 Å². The zero-order valence-electron chi connectivity index (χ0n) is 13.4. The molecule has 1 rings (SSSR count). The summed E-state index contributed by atoms with van der Waals surface area (Å²) in [5.41, 5.74) is 2.42. The molecule has 0 aliphatic rings. The van der Waals surface area contributed by atoms with Crippen molar-refractivity contribution in [1.29, 1.82) is 0 Å². The predicted molar refractivity (Wildman–Crippen MR) is 97.5 cm³/mol. The summed E-state index contributed by atoms with van der Waals surface area (Å²) in [5.74, 6) is 0.848. The molecule has 1 unspecified atom stereocenters. The van der Waals surface area contributed by atoms with Crippen LogP contribution in [0, 0.1) is 6.92 Å². The van der Waals surface area contributed by atoms with Gasteiger partial charge in [0.05, 0.1) is 12.8 Å². The minimum atomic E-state index is 0. The SMILES string of the molecule is CCNC(=NCCCc1cn[nH]c1C)NC(C)COC.I. The molecule has 0 aliphatic carbocycles. The normalized spacial score (nSPS) is 12.7. The maximum absolute atomic E-state index is 5.11. The summed E-state index contributed by atoms with van der Waals surface area (Å²) in [6, 6.07) is 0.244. The lowest BCUT2D eigenvalue weighted by molar-refractivity contribution is 0.179.